The summed E-state index contributed by atoms with van der Waals surface area (Å²) in [5.74, 6) is 2.27. The predicted molar refractivity (Wildman–Crippen MR) is 70.3 cm³/mol. The van der Waals surface area contributed by atoms with Crippen molar-refractivity contribution in [1.29, 1.82) is 0 Å². The highest BCUT2D eigenvalue weighted by atomic mass is 79.9. The number of carbonyl (C=O) groups excluding carboxylic acids is 1. The fraction of sp³-hybridized carbons (Fsp3) is 0.500. The molecule has 0 bridgehead atoms. The van der Waals surface area contributed by atoms with Gasteiger partial charge in [-0.1, -0.05) is 28.1 Å². The number of carbonyl (C=O) groups is 1. The Labute approximate surface area is 110 Å². The molecule has 0 spiro atoms. The molecule has 0 heterocycles. The van der Waals surface area contributed by atoms with E-state index in [9.17, 15) is 4.79 Å². The molecule has 0 radical (unpaired) electrons. The van der Waals surface area contributed by atoms with Crippen molar-refractivity contribution in [3.05, 3.63) is 34.3 Å². The Hall–Kier alpha value is -0.830. The molecule has 17 heavy (non-hydrogen) atoms. The minimum atomic E-state index is 0.247. The first-order valence-electron chi connectivity index (χ1n) is 6.24. The van der Waals surface area contributed by atoms with Crippen molar-refractivity contribution in [3.63, 3.8) is 0 Å². The number of nitrogens with one attached hydrogen (secondary N) is 1. The van der Waals surface area contributed by atoms with Gasteiger partial charge in [-0.3, -0.25) is 4.79 Å². The van der Waals surface area contributed by atoms with Crippen LogP contribution in [0.4, 0.5) is 0 Å². The Morgan fingerprint density at radius 3 is 2.76 bits per heavy atom. The van der Waals surface area contributed by atoms with Gasteiger partial charge in [0.05, 0.1) is 0 Å². The molecule has 1 aromatic rings. The zero-order valence-electron chi connectivity index (χ0n) is 9.66. The number of benzene rings is 1. The van der Waals surface area contributed by atoms with Crippen LogP contribution in [0.2, 0.25) is 0 Å². The van der Waals surface area contributed by atoms with E-state index in [1.54, 1.807) is 0 Å². The van der Waals surface area contributed by atoms with Crippen molar-refractivity contribution in [2.24, 2.45) is 17.8 Å². The van der Waals surface area contributed by atoms with Crippen molar-refractivity contribution >= 4 is 21.8 Å². The molecule has 2 nitrogen and oxygen atoms in total. The third-order valence-electron chi connectivity index (χ3n) is 3.97. The van der Waals surface area contributed by atoms with Crippen LogP contribution < -0.4 is 5.32 Å². The van der Waals surface area contributed by atoms with Crippen LogP contribution in [0.25, 0.3) is 0 Å². The van der Waals surface area contributed by atoms with E-state index in [1.807, 2.05) is 24.3 Å². The quantitative estimate of drug-likeness (QED) is 0.912. The molecule has 2 unspecified atom stereocenters. The second-order valence-electron chi connectivity index (χ2n) is 5.27. The van der Waals surface area contributed by atoms with Crippen molar-refractivity contribution < 1.29 is 4.79 Å². The number of fused-ring (bicyclic) bond motifs is 1. The van der Waals surface area contributed by atoms with E-state index in [-0.39, 0.29) is 11.8 Å². The highest BCUT2D eigenvalue weighted by molar-refractivity contribution is 9.10. The molecule has 90 valence electrons. The van der Waals surface area contributed by atoms with Gasteiger partial charge in [0.1, 0.15) is 0 Å². The number of amides is 1. The normalized spacial score (nSPS) is 29.8. The molecule has 2 aliphatic carbocycles. The standard InChI is InChI=1S/C14H16BrNO/c15-13-3-1-2-9(4-13)8-16-14(17)12-6-10-5-11(10)7-12/h1-4,10-12H,5-8H2,(H,16,17). The summed E-state index contributed by atoms with van der Waals surface area (Å²) in [6.07, 6.45) is 3.61. The lowest BCUT2D eigenvalue weighted by atomic mass is 10.0. The fourth-order valence-corrected chi connectivity index (χ4v) is 3.36. The van der Waals surface area contributed by atoms with Crippen LogP contribution >= 0.6 is 15.9 Å². The smallest absolute Gasteiger partial charge is 0.223 e. The lowest BCUT2D eigenvalue weighted by Crippen LogP contribution is -2.29. The van der Waals surface area contributed by atoms with E-state index in [1.165, 1.54) is 6.42 Å². The van der Waals surface area contributed by atoms with Gasteiger partial charge in [0.25, 0.3) is 0 Å². The summed E-state index contributed by atoms with van der Waals surface area (Å²) in [4.78, 5) is 11.9. The summed E-state index contributed by atoms with van der Waals surface area (Å²) < 4.78 is 1.06. The maximum absolute atomic E-state index is 11.9. The average Bonchev–Trinajstić information content (AvgIpc) is 2.93. The molecule has 1 amide bonds. The van der Waals surface area contributed by atoms with Crippen molar-refractivity contribution in [1.82, 2.24) is 5.32 Å². The largest absolute Gasteiger partial charge is 0.352 e. The molecular formula is C14H16BrNO. The van der Waals surface area contributed by atoms with Crippen LogP contribution in [0.1, 0.15) is 24.8 Å². The van der Waals surface area contributed by atoms with E-state index in [4.69, 9.17) is 0 Å². The Balaban J connectivity index is 1.52. The second kappa shape index (κ2) is 4.45. The molecule has 1 aromatic carbocycles. The van der Waals surface area contributed by atoms with Gasteiger partial charge in [-0.2, -0.15) is 0 Å². The third kappa shape index (κ3) is 2.54. The van der Waals surface area contributed by atoms with Crippen LogP contribution in [0, 0.1) is 17.8 Å². The first kappa shape index (κ1) is 11.3. The van der Waals surface area contributed by atoms with Crippen molar-refractivity contribution in [2.45, 2.75) is 25.8 Å². The summed E-state index contributed by atoms with van der Waals surface area (Å²) >= 11 is 3.44. The monoisotopic (exact) mass is 293 g/mol. The Bertz CT molecular complexity index is 436. The van der Waals surface area contributed by atoms with Gasteiger partial charge in [0, 0.05) is 16.9 Å². The molecular weight excluding hydrogens is 278 g/mol. The van der Waals surface area contributed by atoms with Gasteiger partial charge >= 0.3 is 0 Å². The number of rotatable bonds is 3. The number of halogens is 1. The van der Waals surface area contributed by atoms with Gasteiger partial charge in [-0.15, -0.1) is 0 Å². The highest BCUT2D eigenvalue weighted by Gasteiger charge is 2.47. The highest BCUT2D eigenvalue weighted by Crippen LogP contribution is 2.54. The lowest BCUT2D eigenvalue weighted by Gasteiger charge is -2.12. The van der Waals surface area contributed by atoms with E-state index in [0.29, 0.717) is 6.54 Å². The minimum absolute atomic E-state index is 0.247. The Kier molecular flexibility index (Phi) is 2.95. The Morgan fingerprint density at radius 1 is 1.29 bits per heavy atom. The SMILES string of the molecule is O=C(NCc1cccc(Br)c1)C1CC2CC2C1. The zero-order valence-corrected chi connectivity index (χ0v) is 11.2. The van der Waals surface area contributed by atoms with E-state index in [0.717, 1.165) is 34.7 Å². The number of hydrogen-bond donors (Lipinski definition) is 1. The van der Waals surface area contributed by atoms with Gasteiger partial charge in [-0.05, 0) is 48.8 Å². The van der Waals surface area contributed by atoms with Gasteiger partial charge in [-0.25, -0.2) is 0 Å². The molecule has 2 fully saturated rings. The Morgan fingerprint density at radius 2 is 2.06 bits per heavy atom. The topological polar surface area (TPSA) is 29.1 Å². The summed E-state index contributed by atoms with van der Waals surface area (Å²) in [5, 5.41) is 3.05. The molecule has 0 saturated heterocycles. The molecule has 2 atom stereocenters. The van der Waals surface area contributed by atoms with Crippen LogP contribution in [0.15, 0.2) is 28.7 Å². The van der Waals surface area contributed by atoms with Crippen LogP contribution in [0.3, 0.4) is 0 Å². The van der Waals surface area contributed by atoms with Gasteiger partial charge < -0.3 is 5.32 Å². The molecule has 1 N–H and O–H groups in total. The molecule has 3 rings (SSSR count). The van der Waals surface area contributed by atoms with Crippen molar-refractivity contribution in [2.75, 3.05) is 0 Å². The summed E-state index contributed by atoms with van der Waals surface area (Å²) in [5.41, 5.74) is 1.15. The first-order chi connectivity index (χ1) is 8.22. The summed E-state index contributed by atoms with van der Waals surface area (Å²) in [7, 11) is 0. The molecule has 0 aromatic heterocycles. The zero-order chi connectivity index (χ0) is 11.8. The van der Waals surface area contributed by atoms with E-state index >= 15 is 0 Å². The number of hydrogen-bond acceptors (Lipinski definition) is 1. The fourth-order valence-electron chi connectivity index (χ4n) is 2.91. The molecule has 2 aliphatic rings. The molecule has 0 aliphatic heterocycles. The van der Waals surface area contributed by atoms with Crippen molar-refractivity contribution in [3.8, 4) is 0 Å². The summed E-state index contributed by atoms with van der Waals surface area (Å²) in [6, 6.07) is 8.08. The average molecular weight is 294 g/mol. The third-order valence-corrected chi connectivity index (χ3v) is 4.46. The van der Waals surface area contributed by atoms with Gasteiger partial charge in [0.2, 0.25) is 5.91 Å². The van der Waals surface area contributed by atoms with Crippen LogP contribution in [-0.2, 0) is 11.3 Å². The van der Waals surface area contributed by atoms with Crippen LogP contribution in [-0.4, -0.2) is 5.91 Å². The lowest BCUT2D eigenvalue weighted by molar-refractivity contribution is -0.125. The van der Waals surface area contributed by atoms with Gasteiger partial charge in [0.15, 0.2) is 0 Å². The van der Waals surface area contributed by atoms with E-state index in [2.05, 4.69) is 21.2 Å². The predicted octanol–water partition coefficient (Wildman–Crippen LogP) is 3.11. The maximum Gasteiger partial charge on any atom is 0.223 e. The van der Waals surface area contributed by atoms with E-state index < -0.39 is 0 Å². The molecule has 3 heteroatoms. The summed E-state index contributed by atoms with van der Waals surface area (Å²) in [6.45, 7) is 0.643. The second-order valence-corrected chi connectivity index (χ2v) is 6.19. The first-order valence-corrected chi connectivity index (χ1v) is 7.04. The van der Waals surface area contributed by atoms with Crippen LogP contribution in [0.5, 0.6) is 0 Å². The molecule has 2 saturated carbocycles. The maximum atomic E-state index is 11.9. The minimum Gasteiger partial charge on any atom is -0.352 e.